The Balaban J connectivity index is 1.43. The second-order valence-electron chi connectivity index (χ2n) is 10.8. The van der Waals surface area contributed by atoms with Gasteiger partial charge in [-0.25, -0.2) is 4.99 Å². The van der Waals surface area contributed by atoms with Crippen LogP contribution < -0.4 is 15.9 Å². The average Bonchev–Trinajstić information content (AvgIpc) is 3.31. The van der Waals surface area contributed by atoms with Crippen LogP contribution in [0.3, 0.4) is 0 Å². The Labute approximate surface area is 236 Å². The Morgan fingerprint density at radius 3 is 1.70 bits per heavy atom. The lowest BCUT2D eigenvalue weighted by molar-refractivity contribution is 0.0983. The van der Waals surface area contributed by atoms with E-state index in [2.05, 4.69) is 153 Å². The van der Waals surface area contributed by atoms with E-state index in [9.17, 15) is 0 Å². The SMILES string of the molecule is CC1(C)OC(c2ccccc2P(c2ccccc2)c2ccccc2)=NC1c1c2ccccc2cc2ccccc12. The van der Waals surface area contributed by atoms with Crippen LogP contribution >= 0.6 is 7.92 Å². The largest absolute Gasteiger partial charge is 0.469 e. The summed E-state index contributed by atoms with van der Waals surface area (Å²) in [6.07, 6.45) is 0. The summed E-state index contributed by atoms with van der Waals surface area (Å²) in [7, 11) is -0.800. The highest BCUT2D eigenvalue weighted by Crippen LogP contribution is 2.45. The predicted octanol–water partition coefficient (Wildman–Crippen LogP) is 8.05. The molecule has 1 heterocycles. The molecular weight excluding hydrogens is 505 g/mol. The Hall–Kier alpha value is -4.26. The molecule has 0 aliphatic carbocycles. The zero-order valence-corrected chi connectivity index (χ0v) is 23.6. The number of hydrogen-bond donors (Lipinski definition) is 0. The van der Waals surface area contributed by atoms with Crippen LogP contribution in [0.4, 0.5) is 0 Å². The number of ether oxygens (including phenoxy) is 1. The molecule has 0 saturated carbocycles. The van der Waals surface area contributed by atoms with Gasteiger partial charge in [0.05, 0.1) is 0 Å². The van der Waals surface area contributed by atoms with Gasteiger partial charge in [-0.15, -0.1) is 0 Å². The van der Waals surface area contributed by atoms with Crippen molar-refractivity contribution >= 4 is 51.3 Å². The van der Waals surface area contributed by atoms with Gasteiger partial charge in [0, 0.05) is 5.56 Å². The summed E-state index contributed by atoms with van der Waals surface area (Å²) in [6.45, 7) is 4.34. The van der Waals surface area contributed by atoms with Crippen molar-refractivity contribution in [2.45, 2.75) is 25.5 Å². The molecule has 40 heavy (non-hydrogen) atoms. The van der Waals surface area contributed by atoms with E-state index in [1.54, 1.807) is 0 Å². The van der Waals surface area contributed by atoms with Crippen molar-refractivity contribution in [1.82, 2.24) is 0 Å². The minimum atomic E-state index is -0.800. The van der Waals surface area contributed by atoms with Crippen molar-refractivity contribution in [1.29, 1.82) is 0 Å². The number of aliphatic imine (C=N–C) groups is 1. The molecule has 0 bridgehead atoms. The van der Waals surface area contributed by atoms with Gasteiger partial charge in [-0.05, 0) is 76.9 Å². The second kappa shape index (κ2) is 10.0. The molecule has 0 N–H and O–H groups in total. The van der Waals surface area contributed by atoms with Gasteiger partial charge in [0.15, 0.2) is 0 Å². The second-order valence-corrected chi connectivity index (χ2v) is 13.0. The standard InChI is InChI=1S/C37H30NOP/c1-37(2)35(34-30-21-11-9-15-26(30)25-27-16-10-12-22-31(27)34)38-36(39-37)32-23-13-14-24-33(32)40(28-17-5-3-6-18-28)29-19-7-4-8-20-29/h3-25,35H,1-2H3. The minimum absolute atomic E-state index is 0.147. The number of fused-ring (bicyclic) bond motifs is 2. The monoisotopic (exact) mass is 535 g/mol. The molecule has 1 aliphatic rings. The van der Waals surface area contributed by atoms with Crippen molar-refractivity contribution in [3.8, 4) is 0 Å². The van der Waals surface area contributed by atoms with E-state index in [0.29, 0.717) is 0 Å². The summed E-state index contributed by atoms with van der Waals surface area (Å²) < 4.78 is 6.82. The average molecular weight is 536 g/mol. The van der Waals surface area contributed by atoms with Crippen LogP contribution in [0.25, 0.3) is 21.5 Å². The molecule has 0 aromatic heterocycles. The highest BCUT2D eigenvalue weighted by molar-refractivity contribution is 7.80. The molecule has 6 aromatic rings. The Morgan fingerprint density at radius 1 is 0.600 bits per heavy atom. The van der Waals surface area contributed by atoms with E-state index >= 15 is 0 Å². The van der Waals surface area contributed by atoms with E-state index in [4.69, 9.17) is 9.73 Å². The topological polar surface area (TPSA) is 21.6 Å². The quantitative estimate of drug-likeness (QED) is 0.162. The molecule has 1 atom stereocenters. The van der Waals surface area contributed by atoms with Gasteiger partial charge >= 0.3 is 0 Å². The lowest BCUT2D eigenvalue weighted by Crippen LogP contribution is -2.30. The predicted molar refractivity (Wildman–Crippen MR) is 171 cm³/mol. The molecule has 7 rings (SSSR count). The van der Waals surface area contributed by atoms with Crippen molar-refractivity contribution in [2.24, 2.45) is 4.99 Å². The van der Waals surface area contributed by atoms with Gasteiger partial charge in [-0.3, -0.25) is 0 Å². The van der Waals surface area contributed by atoms with Gasteiger partial charge in [-0.1, -0.05) is 127 Å². The zero-order valence-electron chi connectivity index (χ0n) is 22.7. The molecule has 1 unspecified atom stereocenters. The lowest BCUT2D eigenvalue weighted by Gasteiger charge is -2.27. The summed E-state index contributed by atoms with van der Waals surface area (Å²) in [5.74, 6) is 0.724. The molecule has 1 aliphatic heterocycles. The smallest absolute Gasteiger partial charge is 0.218 e. The Bertz CT molecular complexity index is 1770. The lowest BCUT2D eigenvalue weighted by atomic mass is 9.85. The molecule has 0 spiro atoms. The normalized spacial score (nSPS) is 16.3. The van der Waals surface area contributed by atoms with Gasteiger partial charge in [0.2, 0.25) is 5.90 Å². The molecule has 0 saturated heterocycles. The van der Waals surface area contributed by atoms with Crippen LogP contribution in [0.15, 0.2) is 145 Å². The molecular formula is C37H30NOP. The summed E-state index contributed by atoms with van der Waals surface area (Å²) in [5, 5.41) is 8.80. The van der Waals surface area contributed by atoms with E-state index in [-0.39, 0.29) is 6.04 Å². The molecule has 3 heteroatoms. The fourth-order valence-corrected chi connectivity index (χ4v) is 8.36. The van der Waals surface area contributed by atoms with E-state index < -0.39 is 13.5 Å². The molecule has 6 aromatic carbocycles. The van der Waals surface area contributed by atoms with Gasteiger partial charge in [0.25, 0.3) is 0 Å². The fourth-order valence-electron chi connectivity index (χ4n) is 5.92. The Kier molecular flexibility index (Phi) is 6.22. The molecule has 0 radical (unpaired) electrons. The van der Waals surface area contributed by atoms with Crippen LogP contribution in [-0.2, 0) is 4.74 Å². The maximum absolute atomic E-state index is 6.82. The third-order valence-electron chi connectivity index (χ3n) is 7.76. The summed E-state index contributed by atoms with van der Waals surface area (Å²) in [6, 6.07) is 49.7. The van der Waals surface area contributed by atoms with Gasteiger partial charge < -0.3 is 4.74 Å². The maximum atomic E-state index is 6.82. The first-order valence-corrected chi connectivity index (χ1v) is 15.1. The van der Waals surface area contributed by atoms with Crippen molar-refractivity contribution < 1.29 is 4.74 Å². The third-order valence-corrected chi connectivity index (χ3v) is 10.3. The molecule has 2 nitrogen and oxygen atoms in total. The number of hydrogen-bond acceptors (Lipinski definition) is 2. The molecule has 0 amide bonds. The maximum Gasteiger partial charge on any atom is 0.218 e. The van der Waals surface area contributed by atoms with Crippen LogP contribution in [-0.4, -0.2) is 11.5 Å². The van der Waals surface area contributed by atoms with E-state index in [1.165, 1.54) is 43.0 Å². The van der Waals surface area contributed by atoms with Crippen LogP contribution in [0.2, 0.25) is 0 Å². The molecule has 194 valence electrons. The number of rotatable bonds is 5. The van der Waals surface area contributed by atoms with E-state index in [1.807, 2.05) is 0 Å². The summed E-state index contributed by atoms with van der Waals surface area (Å²) >= 11 is 0. The Morgan fingerprint density at radius 2 is 1.10 bits per heavy atom. The zero-order chi connectivity index (χ0) is 27.1. The minimum Gasteiger partial charge on any atom is -0.469 e. The van der Waals surface area contributed by atoms with Crippen molar-refractivity contribution in [3.05, 3.63) is 151 Å². The van der Waals surface area contributed by atoms with E-state index in [0.717, 1.165) is 11.5 Å². The van der Waals surface area contributed by atoms with Crippen LogP contribution in [0.1, 0.15) is 31.0 Å². The first-order chi connectivity index (χ1) is 19.6. The van der Waals surface area contributed by atoms with Crippen molar-refractivity contribution in [2.75, 3.05) is 0 Å². The van der Waals surface area contributed by atoms with Gasteiger partial charge in [-0.2, -0.15) is 0 Å². The summed E-state index contributed by atoms with van der Waals surface area (Å²) in [4.78, 5) is 5.42. The highest BCUT2D eigenvalue weighted by Gasteiger charge is 2.42. The fraction of sp³-hybridized carbons (Fsp3) is 0.108. The first-order valence-electron chi connectivity index (χ1n) is 13.8. The number of benzene rings is 6. The highest BCUT2D eigenvalue weighted by atomic mass is 31.1. The first kappa shape index (κ1) is 24.8. The van der Waals surface area contributed by atoms with Crippen molar-refractivity contribution in [3.63, 3.8) is 0 Å². The summed E-state index contributed by atoms with van der Waals surface area (Å²) in [5.41, 5.74) is 1.79. The molecule has 0 fully saturated rings. The van der Waals surface area contributed by atoms with Gasteiger partial charge in [0.1, 0.15) is 11.6 Å². The third kappa shape index (κ3) is 4.30. The van der Waals surface area contributed by atoms with Crippen LogP contribution in [0.5, 0.6) is 0 Å². The number of nitrogens with zero attached hydrogens (tertiary/aromatic N) is 1. The van der Waals surface area contributed by atoms with Crippen LogP contribution in [0, 0.1) is 0 Å².